The maximum Gasteiger partial charge on any atom is 3.00 e. The molecule has 3 aromatic heterocycles. The van der Waals surface area contributed by atoms with Crippen molar-refractivity contribution < 1.29 is 146 Å². The van der Waals surface area contributed by atoms with E-state index in [2.05, 4.69) is 16.0 Å². The summed E-state index contributed by atoms with van der Waals surface area (Å²) in [6.07, 6.45) is -21.7. The molecule has 0 spiro atoms. The number of pyridine rings is 3. The van der Waals surface area contributed by atoms with Gasteiger partial charge in [-0.15, -0.1) is 0 Å². The summed E-state index contributed by atoms with van der Waals surface area (Å²) >= 11 is 0. The third-order valence-corrected chi connectivity index (χ3v) is 11.3. The number of nitrogens with zero attached hydrogens (tertiary/aromatic N) is 4. The summed E-state index contributed by atoms with van der Waals surface area (Å²) in [5.74, 6) is -7.82. The van der Waals surface area contributed by atoms with Crippen LogP contribution in [-0.2, 0) is 19.6 Å². The SMILES string of the molecule is O=C(NCCN(CCNC(=O)c1c([O-])c(=O)ccn1CC(O)C(O)C(O)C(O)CO)CCNC(=O)c1c([O-])c(=O)ccn1CC(O)C(O)C(O)C(O)CO)c1c([O-])c(=O)ccn1CC(O)C(O)C(O)C(O)CO.[Gd+3]. The van der Waals surface area contributed by atoms with Gasteiger partial charge in [0.2, 0.25) is 0 Å². The van der Waals surface area contributed by atoms with Crippen molar-refractivity contribution in [2.75, 3.05) is 59.1 Å². The van der Waals surface area contributed by atoms with Crippen LogP contribution >= 0.6 is 0 Å². The van der Waals surface area contributed by atoms with Gasteiger partial charge < -0.3 is 122 Å². The average Bonchev–Trinajstić information content (AvgIpc) is 3.36. The minimum Gasteiger partial charge on any atom is -0.868 e. The van der Waals surface area contributed by atoms with E-state index in [9.17, 15) is 105 Å². The molecule has 1 radical (unpaired) electrons. The van der Waals surface area contributed by atoms with Gasteiger partial charge in [0.05, 0.1) is 39.5 Å². The van der Waals surface area contributed by atoms with Crippen molar-refractivity contribution in [2.45, 2.75) is 92.9 Å². The molecule has 3 amide bonds. The quantitative estimate of drug-likeness (QED) is 0.0295. The van der Waals surface area contributed by atoms with Crippen molar-refractivity contribution in [1.29, 1.82) is 0 Å². The van der Waals surface area contributed by atoms with Gasteiger partial charge in [0, 0.05) is 76.1 Å². The molecule has 32 heteroatoms. The molecule has 0 bridgehead atoms. The zero-order chi connectivity index (χ0) is 55.0. The Morgan fingerprint density at radius 3 is 0.865 bits per heavy atom. The zero-order valence-electron chi connectivity index (χ0n) is 38.9. The molecule has 0 aliphatic heterocycles. The summed E-state index contributed by atoms with van der Waals surface area (Å²) in [5, 5.41) is 195. The first-order valence-corrected chi connectivity index (χ1v) is 22.1. The van der Waals surface area contributed by atoms with Gasteiger partial charge in [0.25, 0.3) is 17.7 Å². The van der Waals surface area contributed by atoms with Gasteiger partial charge in [-0.05, 0) is 17.2 Å². The molecule has 0 saturated heterocycles. The molecule has 3 aromatic rings. The van der Waals surface area contributed by atoms with Gasteiger partial charge in [-0.25, -0.2) is 0 Å². The van der Waals surface area contributed by atoms with E-state index < -0.39 is 201 Å². The maximum atomic E-state index is 13.4. The summed E-state index contributed by atoms with van der Waals surface area (Å²) in [5.41, 5.74) is -6.16. The molecule has 3 rings (SSSR count). The van der Waals surface area contributed by atoms with E-state index in [1.54, 1.807) is 0 Å². The Kier molecular flexibility index (Phi) is 27.2. The monoisotopic (exact) mass is 1200 g/mol. The number of aliphatic hydroxyl groups is 15. The molecule has 0 fully saturated rings. The number of hydrogen-bond donors (Lipinski definition) is 18. The number of carbonyl (C=O) groups is 3. The van der Waals surface area contributed by atoms with Gasteiger partial charge >= 0.3 is 39.9 Å². The Bertz CT molecular complexity index is 2210. The molecule has 0 aliphatic rings. The number of hydrogen-bond acceptors (Lipinski definition) is 25. The third-order valence-electron chi connectivity index (χ3n) is 11.3. The van der Waals surface area contributed by atoms with Gasteiger partial charge in [-0.2, -0.15) is 0 Å². The van der Waals surface area contributed by atoms with E-state index in [-0.39, 0.29) is 59.6 Å². The summed E-state index contributed by atoms with van der Waals surface area (Å²) in [4.78, 5) is 78.7. The fraction of sp³-hybridized carbons (Fsp3) is 0.571. The van der Waals surface area contributed by atoms with Crippen LogP contribution in [0.4, 0.5) is 0 Å². The molecular weight excluding hydrogens is 1140 g/mol. The molecule has 31 nitrogen and oxygen atoms in total. The molecule has 0 saturated carbocycles. The van der Waals surface area contributed by atoms with Gasteiger partial charge in [0.1, 0.15) is 90.3 Å². The predicted octanol–water partition coefficient (Wildman–Crippen LogP) is -13.4. The molecular formula is C42H60GdN7O24. The number of nitrogens with one attached hydrogen (secondary N) is 3. The van der Waals surface area contributed by atoms with Crippen molar-refractivity contribution in [2.24, 2.45) is 0 Å². The van der Waals surface area contributed by atoms with E-state index >= 15 is 0 Å². The van der Waals surface area contributed by atoms with Crippen LogP contribution in [0.1, 0.15) is 31.5 Å². The van der Waals surface area contributed by atoms with Crippen LogP contribution < -0.4 is 47.6 Å². The minimum absolute atomic E-state index is 0. The predicted molar refractivity (Wildman–Crippen MR) is 237 cm³/mol. The maximum absolute atomic E-state index is 13.4. The third kappa shape index (κ3) is 17.4. The van der Waals surface area contributed by atoms with E-state index in [1.165, 1.54) is 4.90 Å². The van der Waals surface area contributed by atoms with Crippen LogP contribution in [-0.4, -0.2) is 245 Å². The summed E-state index contributed by atoms with van der Waals surface area (Å²) in [6, 6.07) is 2.20. The Balaban J connectivity index is 0.0000187. The molecule has 0 aliphatic carbocycles. The van der Waals surface area contributed by atoms with E-state index in [0.717, 1.165) is 50.5 Å². The molecule has 0 aromatic carbocycles. The largest absolute Gasteiger partial charge is 3.00 e. The van der Waals surface area contributed by atoms with Crippen molar-refractivity contribution in [1.82, 2.24) is 34.6 Å². The van der Waals surface area contributed by atoms with E-state index in [4.69, 9.17) is 15.3 Å². The molecule has 415 valence electrons. The first kappa shape index (κ1) is 65.5. The van der Waals surface area contributed by atoms with E-state index in [0.29, 0.717) is 0 Å². The molecule has 74 heavy (non-hydrogen) atoms. The average molecular weight is 1200 g/mol. The second-order valence-electron chi connectivity index (χ2n) is 16.5. The number of aromatic nitrogens is 3. The van der Waals surface area contributed by atoms with Crippen LogP contribution in [0, 0.1) is 39.9 Å². The zero-order valence-corrected chi connectivity index (χ0v) is 41.2. The van der Waals surface area contributed by atoms with Gasteiger partial charge in [0.15, 0.2) is 16.3 Å². The Labute approximate surface area is 450 Å². The van der Waals surface area contributed by atoms with Gasteiger partial charge in [-0.1, -0.05) is 0 Å². The number of aliphatic hydroxyl groups excluding tert-OH is 15. The summed E-state index contributed by atoms with van der Waals surface area (Å²) in [6.45, 7) is -7.64. The van der Waals surface area contributed by atoms with Crippen LogP contribution in [0.3, 0.4) is 0 Å². The second kappa shape index (κ2) is 30.8. The second-order valence-corrected chi connectivity index (χ2v) is 16.5. The summed E-state index contributed by atoms with van der Waals surface area (Å²) in [7, 11) is 0. The van der Waals surface area contributed by atoms with Crippen molar-refractivity contribution in [3.8, 4) is 17.2 Å². The Morgan fingerprint density at radius 1 is 0.432 bits per heavy atom. The normalized spacial score (nSPS) is 16.5. The first-order valence-electron chi connectivity index (χ1n) is 22.1. The Morgan fingerprint density at radius 2 is 0.649 bits per heavy atom. The summed E-state index contributed by atoms with van der Waals surface area (Å²) < 4.78 is 2.28. The van der Waals surface area contributed by atoms with E-state index in [1.807, 2.05) is 0 Å². The van der Waals surface area contributed by atoms with Crippen molar-refractivity contribution >= 4 is 17.7 Å². The standard InChI is InChI=1S/C42H63N7O24.Gd/c50-16-25(59)37(68)34(65)22(56)13-47-7-1-19(53)31(62)28(47)40(71)43-4-10-46(11-5-44-41(72)29-32(63)20(54)2-8-48(29)14-23(57)35(66)38(69)26(60)17-51)12-6-45-42(73)30-33(64)21(55)3-9-49(30)15-24(58)36(67)39(70)27(61)18-52;/h1-3,7-9,22-27,34-39,50-52,56-70H,4-6,10-18H2,(H,43,71)(H,44,72)(H,45,73);/q;+3/p-3. The number of rotatable bonds is 30. The van der Waals surface area contributed by atoms with Crippen LogP contribution in [0.2, 0.25) is 0 Å². The molecule has 12 atom stereocenters. The van der Waals surface area contributed by atoms with Crippen LogP contribution in [0.5, 0.6) is 17.2 Å². The van der Waals surface area contributed by atoms with Crippen LogP contribution in [0.15, 0.2) is 51.2 Å². The number of carbonyl (C=O) groups excluding carboxylic acids is 3. The van der Waals surface area contributed by atoms with Crippen molar-refractivity contribution in [3.05, 3.63) is 84.5 Å². The fourth-order valence-corrected chi connectivity index (χ4v) is 7.01. The molecule has 18 N–H and O–H groups in total. The fourth-order valence-electron chi connectivity index (χ4n) is 7.01. The molecule has 12 unspecified atom stereocenters. The first-order chi connectivity index (χ1) is 34.3. The van der Waals surface area contributed by atoms with Crippen molar-refractivity contribution in [3.63, 3.8) is 0 Å². The minimum atomic E-state index is -2.14. The van der Waals surface area contributed by atoms with Gasteiger partial charge in [-0.3, -0.25) is 33.7 Å². The van der Waals surface area contributed by atoms with Crippen LogP contribution in [0.25, 0.3) is 0 Å². The molecule has 3 heterocycles. The number of amides is 3. The topological polar surface area (TPSA) is 529 Å². The smallest absolute Gasteiger partial charge is 0.868 e. The Hall–Kier alpha value is -4.66.